The lowest BCUT2D eigenvalue weighted by molar-refractivity contribution is -0.126. The topological polar surface area (TPSA) is 52.7 Å². The highest BCUT2D eigenvalue weighted by Gasteiger charge is 2.37. The summed E-state index contributed by atoms with van der Waals surface area (Å²) in [6.07, 6.45) is 6.53. The van der Waals surface area contributed by atoms with Crippen LogP contribution in [0.2, 0.25) is 5.02 Å². The average molecular weight is 390 g/mol. The molecule has 1 aromatic carbocycles. The number of nitrogens with zero attached hydrogens (tertiary/aromatic N) is 2. The minimum absolute atomic E-state index is 0.00540. The van der Waals surface area contributed by atoms with Crippen molar-refractivity contribution in [3.63, 3.8) is 0 Å². The monoisotopic (exact) mass is 389 g/mol. The lowest BCUT2D eigenvalue weighted by atomic mass is 9.83. The number of amides is 2. The fourth-order valence-corrected chi connectivity index (χ4v) is 5.22. The van der Waals surface area contributed by atoms with Crippen LogP contribution < -0.4 is 10.2 Å². The van der Waals surface area contributed by atoms with Crippen molar-refractivity contribution < 1.29 is 9.59 Å². The van der Waals surface area contributed by atoms with E-state index in [9.17, 15) is 9.59 Å². The Morgan fingerprint density at radius 2 is 1.96 bits per heavy atom. The van der Waals surface area contributed by atoms with Crippen LogP contribution in [-0.2, 0) is 9.59 Å². The number of hydrogen-bond acceptors (Lipinski definition) is 3. The van der Waals surface area contributed by atoms with E-state index in [1.807, 2.05) is 18.2 Å². The van der Waals surface area contributed by atoms with Crippen molar-refractivity contribution in [1.29, 1.82) is 0 Å². The van der Waals surface area contributed by atoms with E-state index in [0.717, 1.165) is 6.54 Å². The molecule has 3 aliphatic heterocycles. The molecule has 3 atom stereocenters. The number of anilines is 1. The van der Waals surface area contributed by atoms with Crippen LogP contribution in [0.25, 0.3) is 0 Å². The molecule has 0 aromatic heterocycles. The van der Waals surface area contributed by atoms with Gasteiger partial charge in [-0.3, -0.25) is 9.59 Å². The van der Waals surface area contributed by atoms with Gasteiger partial charge in [0, 0.05) is 25.6 Å². The molecule has 0 radical (unpaired) electrons. The van der Waals surface area contributed by atoms with Gasteiger partial charge in [0.15, 0.2) is 0 Å². The maximum absolute atomic E-state index is 12.7. The van der Waals surface area contributed by atoms with Crippen molar-refractivity contribution in [2.75, 3.05) is 31.1 Å². The van der Waals surface area contributed by atoms with E-state index in [0.29, 0.717) is 29.2 Å². The summed E-state index contributed by atoms with van der Waals surface area (Å²) >= 11 is 6.23. The zero-order valence-electron chi connectivity index (χ0n) is 15.7. The summed E-state index contributed by atoms with van der Waals surface area (Å²) in [6, 6.07) is 7.94. The molecule has 1 N–H and O–H groups in total. The first-order chi connectivity index (χ1) is 13.1. The SMILES string of the molecule is O=C(NC[C@@H]1CCCN2CCCC[C@H]12)[C@@H]1CC(=O)N(c2ccccc2Cl)C1. The Kier molecular flexibility index (Phi) is 5.69. The minimum atomic E-state index is -0.292. The number of hydrogen-bond donors (Lipinski definition) is 1. The van der Waals surface area contributed by atoms with Crippen molar-refractivity contribution in [1.82, 2.24) is 10.2 Å². The van der Waals surface area contributed by atoms with Gasteiger partial charge >= 0.3 is 0 Å². The van der Waals surface area contributed by atoms with E-state index in [1.54, 1.807) is 11.0 Å². The van der Waals surface area contributed by atoms with Crippen LogP contribution in [0.3, 0.4) is 0 Å². The molecule has 3 heterocycles. The summed E-state index contributed by atoms with van der Waals surface area (Å²) < 4.78 is 0. The Balaban J connectivity index is 1.34. The molecule has 27 heavy (non-hydrogen) atoms. The number of carbonyl (C=O) groups is 2. The quantitative estimate of drug-likeness (QED) is 0.861. The Labute approximate surface area is 166 Å². The summed E-state index contributed by atoms with van der Waals surface area (Å²) in [4.78, 5) is 29.4. The molecule has 5 nitrogen and oxygen atoms in total. The number of halogens is 1. The Morgan fingerprint density at radius 3 is 2.81 bits per heavy atom. The molecule has 146 valence electrons. The van der Waals surface area contributed by atoms with Gasteiger partial charge in [0.2, 0.25) is 11.8 Å². The van der Waals surface area contributed by atoms with Crippen molar-refractivity contribution in [3.8, 4) is 0 Å². The zero-order valence-corrected chi connectivity index (χ0v) is 16.5. The Morgan fingerprint density at radius 1 is 1.15 bits per heavy atom. The van der Waals surface area contributed by atoms with Crippen LogP contribution in [0.15, 0.2) is 24.3 Å². The lowest BCUT2D eigenvalue weighted by Crippen LogP contribution is -2.51. The van der Waals surface area contributed by atoms with Crippen molar-refractivity contribution in [2.45, 2.75) is 44.6 Å². The maximum Gasteiger partial charge on any atom is 0.227 e. The first-order valence-electron chi connectivity index (χ1n) is 10.2. The minimum Gasteiger partial charge on any atom is -0.355 e. The highest BCUT2D eigenvalue weighted by Crippen LogP contribution is 2.32. The van der Waals surface area contributed by atoms with E-state index in [2.05, 4.69) is 10.2 Å². The molecule has 4 rings (SSSR count). The van der Waals surface area contributed by atoms with Gasteiger partial charge in [0.05, 0.1) is 16.6 Å². The van der Waals surface area contributed by atoms with Gasteiger partial charge in [0.1, 0.15) is 0 Å². The molecular weight excluding hydrogens is 362 g/mol. The number of para-hydroxylation sites is 1. The molecule has 6 heteroatoms. The van der Waals surface area contributed by atoms with Crippen LogP contribution in [0.1, 0.15) is 38.5 Å². The van der Waals surface area contributed by atoms with Gasteiger partial charge in [-0.25, -0.2) is 0 Å². The Bertz CT molecular complexity index is 708. The smallest absolute Gasteiger partial charge is 0.227 e. The summed E-state index contributed by atoms with van der Waals surface area (Å²) in [5.74, 6) is 0.227. The molecule has 1 aromatic rings. The number of carbonyl (C=O) groups excluding carboxylic acids is 2. The third-order valence-corrected chi connectivity index (χ3v) is 6.73. The van der Waals surface area contributed by atoms with Crippen LogP contribution in [0.4, 0.5) is 5.69 Å². The summed E-state index contributed by atoms with van der Waals surface area (Å²) in [5, 5.41) is 3.70. The first kappa shape index (κ1) is 18.8. The van der Waals surface area contributed by atoms with E-state index in [-0.39, 0.29) is 24.2 Å². The lowest BCUT2D eigenvalue weighted by Gasteiger charge is -2.44. The molecule has 0 spiro atoms. The molecule has 2 amide bonds. The predicted octanol–water partition coefficient (Wildman–Crippen LogP) is 3.07. The number of rotatable bonds is 4. The third-order valence-electron chi connectivity index (χ3n) is 6.41. The van der Waals surface area contributed by atoms with Gasteiger partial charge in [-0.05, 0) is 56.8 Å². The fourth-order valence-electron chi connectivity index (χ4n) is 4.98. The molecular formula is C21H28ClN3O2. The van der Waals surface area contributed by atoms with E-state index >= 15 is 0 Å². The van der Waals surface area contributed by atoms with Gasteiger partial charge in [-0.15, -0.1) is 0 Å². The molecule has 0 aliphatic carbocycles. The van der Waals surface area contributed by atoms with Crippen molar-refractivity contribution >= 4 is 29.1 Å². The average Bonchev–Trinajstić information content (AvgIpc) is 3.08. The second-order valence-corrected chi connectivity index (χ2v) is 8.51. The summed E-state index contributed by atoms with van der Waals surface area (Å²) in [6.45, 7) is 3.56. The standard InChI is InChI=1S/C21H28ClN3O2/c22-17-7-1-2-9-19(17)25-14-16(12-20(25)26)21(27)23-13-15-6-5-11-24-10-4-3-8-18(15)24/h1-2,7,9,15-16,18H,3-6,8,10-14H2,(H,23,27)/t15-,16+,18+/m0/s1. The van der Waals surface area contributed by atoms with Gasteiger partial charge < -0.3 is 15.1 Å². The number of benzene rings is 1. The van der Waals surface area contributed by atoms with Crippen LogP contribution in [0, 0.1) is 11.8 Å². The Hall–Kier alpha value is -1.59. The molecule has 0 bridgehead atoms. The zero-order chi connectivity index (χ0) is 18.8. The molecule has 3 fully saturated rings. The van der Waals surface area contributed by atoms with Crippen molar-refractivity contribution in [3.05, 3.63) is 29.3 Å². The van der Waals surface area contributed by atoms with Crippen LogP contribution in [-0.4, -0.2) is 48.9 Å². The largest absolute Gasteiger partial charge is 0.355 e. The van der Waals surface area contributed by atoms with E-state index in [1.165, 1.54) is 45.2 Å². The van der Waals surface area contributed by atoms with Gasteiger partial charge in [-0.2, -0.15) is 0 Å². The van der Waals surface area contributed by atoms with Crippen molar-refractivity contribution in [2.24, 2.45) is 11.8 Å². The maximum atomic E-state index is 12.7. The number of nitrogens with one attached hydrogen (secondary N) is 1. The first-order valence-corrected chi connectivity index (χ1v) is 10.6. The molecule has 0 unspecified atom stereocenters. The van der Waals surface area contributed by atoms with Gasteiger partial charge in [-0.1, -0.05) is 30.2 Å². The number of piperidine rings is 2. The highest BCUT2D eigenvalue weighted by atomic mass is 35.5. The number of fused-ring (bicyclic) bond motifs is 1. The van der Waals surface area contributed by atoms with Crippen LogP contribution in [0.5, 0.6) is 0 Å². The third kappa shape index (κ3) is 3.99. The van der Waals surface area contributed by atoms with E-state index in [4.69, 9.17) is 11.6 Å². The second-order valence-electron chi connectivity index (χ2n) is 8.10. The highest BCUT2D eigenvalue weighted by molar-refractivity contribution is 6.33. The molecule has 3 aliphatic rings. The molecule has 3 saturated heterocycles. The summed E-state index contributed by atoms with van der Waals surface area (Å²) in [5.41, 5.74) is 0.699. The summed E-state index contributed by atoms with van der Waals surface area (Å²) in [7, 11) is 0. The van der Waals surface area contributed by atoms with Gasteiger partial charge in [0.25, 0.3) is 0 Å². The second kappa shape index (κ2) is 8.19. The molecule has 0 saturated carbocycles. The normalized spacial score (nSPS) is 28.9. The fraction of sp³-hybridized carbons (Fsp3) is 0.619. The predicted molar refractivity (Wildman–Crippen MR) is 107 cm³/mol. The van der Waals surface area contributed by atoms with Crippen LogP contribution >= 0.6 is 11.6 Å². The van der Waals surface area contributed by atoms with E-state index < -0.39 is 0 Å².